The minimum Gasteiger partial charge on any atom is -0.384 e. The average molecular weight is 267 g/mol. The van der Waals surface area contributed by atoms with Crippen molar-refractivity contribution in [2.75, 3.05) is 11.9 Å². The van der Waals surface area contributed by atoms with Gasteiger partial charge >= 0.3 is 0 Å². The monoisotopic (exact) mass is 267 g/mol. The molecule has 0 radical (unpaired) electrons. The molecule has 0 atom stereocenters. The fourth-order valence-corrected chi connectivity index (χ4v) is 1.58. The largest absolute Gasteiger partial charge is 0.384 e. The molecule has 1 amide bonds. The van der Waals surface area contributed by atoms with Crippen LogP contribution in [0, 0.1) is 11.8 Å². The SMILES string of the molecule is O=C(Cc1cccnc1)Nc1cccc(C#CCO)n1. The highest BCUT2D eigenvalue weighted by Gasteiger charge is 2.05. The number of hydrogen-bond donors (Lipinski definition) is 2. The highest BCUT2D eigenvalue weighted by molar-refractivity contribution is 5.91. The summed E-state index contributed by atoms with van der Waals surface area (Å²) in [7, 11) is 0. The summed E-state index contributed by atoms with van der Waals surface area (Å²) in [5.74, 6) is 5.46. The summed E-state index contributed by atoms with van der Waals surface area (Å²) in [6.07, 6.45) is 3.55. The Labute approximate surface area is 116 Å². The molecule has 2 heterocycles. The highest BCUT2D eigenvalue weighted by atomic mass is 16.2. The number of pyridine rings is 2. The Morgan fingerprint density at radius 1 is 1.30 bits per heavy atom. The van der Waals surface area contributed by atoms with Gasteiger partial charge in [0.1, 0.15) is 18.1 Å². The fourth-order valence-electron chi connectivity index (χ4n) is 1.58. The first kappa shape index (κ1) is 13.7. The van der Waals surface area contributed by atoms with Gasteiger partial charge in [0.05, 0.1) is 6.42 Å². The van der Waals surface area contributed by atoms with Gasteiger partial charge in [-0.3, -0.25) is 9.78 Å². The van der Waals surface area contributed by atoms with Gasteiger partial charge in [-0.25, -0.2) is 4.98 Å². The van der Waals surface area contributed by atoms with Gasteiger partial charge in [-0.15, -0.1) is 0 Å². The molecule has 2 aromatic heterocycles. The number of aliphatic hydroxyl groups is 1. The first-order valence-electron chi connectivity index (χ1n) is 6.03. The van der Waals surface area contributed by atoms with E-state index in [1.165, 1.54) is 0 Å². The molecule has 2 N–H and O–H groups in total. The molecule has 2 aromatic rings. The standard InChI is InChI=1S/C15H13N3O2/c19-9-3-6-13-5-1-7-14(17-13)18-15(20)10-12-4-2-8-16-11-12/h1-2,4-5,7-8,11,19H,9-10H2,(H,17,18,20). The second-order valence-corrected chi connectivity index (χ2v) is 3.95. The molecule has 0 spiro atoms. The minimum absolute atomic E-state index is 0.169. The molecular weight excluding hydrogens is 254 g/mol. The molecule has 0 saturated heterocycles. The maximum absolute atomic E-state index is 11.9. The van der Waals surface area contributed by atoms with Gasteiger partial charge in [0.2, 0.25) is 5.91 Å². The number of nitrogens with one attached hydrogen (secondary N) is 1. The molecule has 20 heavy (non-hydrogen) atoms. The van der Waals surface area contributed by atoms with Crippen molar-refractivity contribution in [2.45, 2.75) is 6.42 Å². The zero-order valence-electron chi connectivity index (χ0n) is 10.7. The van der Waals surface area contributed by atoms with Crippen LogP contribution in [0.4, 0.5) is 5.82 Å². The normalized spacial score (nSPS) is 9.45. The van der Waals surface area contributed by atoms with Gasteiger partial charge in [-0.2, -0.15) is 0 Å². The zero-order valence-corrected chi connectivity index (χ0v) is 10.7. The van der Waals surface area contributed by atoms with E-state index in [2.05, 4.69) is 27.1 Å². The summed E-state index contributed by atoms with van der Waals surface area (Å²) in [5, 5.41) is 11.3. The molecule has 0 aliphatic heterocycles. The third kappa shape index (κ3) is 4.19. The smallest absolute Gasteiger partial charge is 0.230 e. The van der Waals surface area contributed by atoms with E-state index in [1.54, 1.807) is 36.7 Å². The molecule has 0 aliphatic rings. The summed E-state index contributed by atoms with van der Waals surface area (Å²) in [4.78, 5) is 20.0. The summed E-state index contributed by atoms with van der Waals surface area (Å²) in [6.45, 7) is -0.223. The van der Waals surface area contributed by atoms with Crippen molar-refractivity contribution in [1.82, 2.24) is 9.97 Å². The minimum atomic E-state index is -0.223. The summed E-state index contributed by atoms with van der Waals surface area (Å²) < 4.78 is 0. The topological polar surface area (TPSA) is 75.1 Å². The molecule has 0 aliphatic carbocycles. The third-order valence-electron chi connectivity index (χ3n) is 2.40. The Hall–Kier alpha value is -2.71. The van der Waals surface area contributed by atoms with Crippen LogP contribution in [0.25, 0.3) is 0 Å². The first-order valence-corrected chi connectivity index (χ1v) is 6.03. The molecule has 0 unspecified atom stereocenters. The van der Waals surface area contributed by atoms with Gasteiger partial charge < -0.3 is 10.4 Å². The van der Waals surface area contributed by atoms with Crippen molar-refractivity contribution < 1.29 is 9.90 Å². The van der Waals surface area contributed by atoms with E-state index in [0.717, 1.165) is 5.56 Å². The predicted molar refractivity (Wildman–Crippen MR) is 74.8 cm³/mol. The van der Waals surface area contributed by atoms with Crippen molar-refractivity contribution in [3.8, 4) is 11.8 Å². The van der Waals surface area contributed by atoms with E-state index in [-0.39, 0.29) is 18.9 Å². The quantitative estimate of drug-likeness (QED) is 0.814. The number of aromatic nitrogens is 2. The molecule has 5 nitrogen and oxygen atoms in total. The highest BCUT2D eigenvalue weighted by Crippen LogP contribution is 2.05. The van der Waals surface area contributed by atoms with Crippen LogP contribution in [-0.4, -0.2) is 27.6 Å². The van der Waals surface area contributed by atoms with E-state index in [9.17, 15) is 4.79 Å². The Morgan fingerprint density at radius 2 is 2.20 bits per heavy atom. The number of hydrogen-bond acceptors (Lipinski definition) is 4. The van der Waals surface area contributed by atoms with Crippen LogP contribution in [-0.2, 0) is 11.2 Å². The van der Waals surface area contributed by atoms with Crippen LogP contribution in [0.2, 0.25) is 0 Å². The third-order valence-corrected chi connectivity index (χ3v) is 2.40. The number of nitrogens with zero attached hydrogens (tertiary/aromatic N) is 2. The molecule has 0 bridgehead atoms. The van der Waals surface area contributed by atoms with Gasteiger partial charge in [0, 0.05) is 12.4 Å². The van der Waals surface area contributed by atoms with Gasteiger partial charge in [0.15, 0.2) is 0 Å². The molecule has 0 saturated carbocycles. The number of anilines is 1. The van der Waals surface area contributed by atoms with Crippen LogP contribution in [0.3, 0.4) is 0 Å². The van der Waals surface area contributed by atoms with Crippen LogP contribution >= 0.6 is 0 Å². The lowest BCUT2D eigenvalue weighted by Gasteiger charge is -2.04. The van der Waals surface area contributed by atoms with Crippen LogP contribution in [0.1, 0.15) is 11.3 Å². The van der Waals surface area contributed by atoms with E-state index < -0.39 is 0 Å². The second kappa shape index (κ2) is 7.02. The lowest BCUT2D eigenvalue weighted by Crippen LogP contribution is -2.15. The number of carbonyl (C=O) groups excluding carboxylic acids is 1. The predicted octanol–water partition coefficient (Wildman–Crippen LogP) is 1.00. The van der Waals surface area contributed by atoms with Crippen LogP contribution < -0.4 is 5.32 Å². The molecule has 5 heteroatoms. The molecule has 0 fully saturated rings. The van der Waals surface area contributed by atoms with E-state index in [4.69, 9.17) is 5.11 Å². The van der Waals surface area contributed by atoms with Crippen molar-refractivity contribution in [2.24, 2.45) is 0 Å². The molecular formula is C15H13N3O2. The Balaban J connectivity index is 2.01. The van der Waals surface area contributed by atoms with E-state index in [1.807, 2.05) is 6.07 Å². The van der Waals surface area contributed by atoms with Crippen molar-refractivity contribution in [3.63, 3.8) is 0 Å². The second-order valence-electron chi connectivity index (χ2n) is 3.95. The van der Waals surface area contributed by atoms with Crippen LogP contribution in [0.15, 0.2) is 42.7 Å². The lowest BCUT2D eigenvalue weighted by atomic mass is 10.2. The van der Waals surface area contributed by atoms with Crippen molar-refractivity contribution >= 4 is 11.7 Å². The molecule has 100 valence electrons. The van der Waals surface area contributed by atoms with E-state index in [0.29, 0.717) is 11.5 Å². The number of amides is 1. The maximum Gasteiger partial charge on any atom is 0.230 e. The first-order chi connectivity index (χ1) is 9.78. The maximum atomic E-state index is 11.9. The zero-order chi connectivity index (χ0) is 14.2. The number of aliphatic hydroxyl groups excluding tert-OH is 1. The Kier molecular flexibility index (Phi) is 4.81. The van der Waals surface area contributed by atoms with Crippen LogP contribution in [0.5, 0.6) is 0 Å². The molecule has 2 rings (SSSR count). The Bertz CT molecular complexity index is 645. The van der Waals surface area contributed by atoms with Gasteiger partial charge in [0.25, 0.3) is 0 Å². The van der Waals surface area contributed by atoms with Crippen molar-refractivity contribution in [3.05, 3.63) is 54.0 Å². The average Bonchev–Trinajstić information content (AvgIpc) is 2.46. The van der Waals surface area contributed by atoms with E-state index >= 15 is 0 Å². The summed E-state index contributed by atoms with van der Waals surface area (Å²) in [6, 6.07) is 8.76. The summed E-state index contributed by atoms with van der Waals surface area (Å²) in [5.41, 5.74) is 1.33. The summed E-state index contributed by atoms with van der Waals surface area (Å²) >= 11 is 0. The van der Waals surface area contributed by atoms with Gasteiger partial charge in [-0.05, 0) is 29.7 Å². The molecule has 0 aromatic carbocycles. The Morgan fingerprint density at radius 3 is 2.95 bits per heavy atom. The number of carbonyl (C=O) groups is 1. The number of rotatable bonds is 3. The van der Waals surface area contributed by atoms with Crippen molar-refractivity contribution in [1.29, 1.82) is 0 Å². The fraction of sp³-hybridized carbons (Fsp3) is 0.133. The van der Waals surface area contributed by atoms with Gasteiger partial charge in [-0.1, -0.05) is 18.1 Å². The lowest BCUT2D eigenvalue weighted by molar-refractivity contribution is -0.115.